The van der Waals surface area contributed by atoms with Crippen molar-refractivity contribution >= 4 is 36.0 Å². The predicted octanol–water partition coefficient (Wildman–Crippen LogP) is 1.38. The maximum Gasteiger partial charge on any atom is 0.270 e. The highest BCUT2D eigenvalue weighted by Gasteiger charge is 2.29. The van der Waals surface area contributed by atoms with Gasteiger partial charge in [-0.3, -0.25) is 23.7 Å². The number of fused-ring (bicyclic) bond motifs is 1. The summed E-state index contributed by atoms with van der Waals surface area (Å²) in [5.41, 5.74) is 2.04. The molecule has 3 aliphatic rings. The number of likely N-dealkylation sites (tertiary alicyclic amines) is 1. The zero-order chi connectivity index (χ0) is 22.4. The molecule has 10 nitrogen and oxygen atoms in total. The average Bonchev–Trinajstić information content (AvgIpc) is 3.23. The Morgan fingerprint density at radius 2 is 1.74 bits per heavy atom. The Labute approximate surface area is 214 Å². The minimum absolute atomic E-state index is 0. The van der Waals surface area contributed by atoms with E-state index < -0.39 is 0 Å². The Bertz CT molecular complexity index is 1320. The third-order valence-electron chi connectivity index (χ3n) is 6.79. The lowest BCUT2D eigenvalue weighted by atomic mass is 10.0. The Morgan fingerprint density at radius 1 is 0.971 bits per heavy atom. The van der Waals surface area contributed by atoms with E-state index in [1.165, 1.54) is 6.20 Å². The summed E-state index contributed by atoms with van der Waals surface area (Å²) in [5, 5.41) is 3.61. The largest absolute Gasteiger partial charge is 0.486 e. The quantitative estimate of drug-likeness (QED) is 0.535. The molecule has 35 heavy (non-hydrogen) atoms. The SMILES string of the molecule is Cl.Cl.O=c1cnc2ccc(=O)n3c2n1CC3CN1CCC(NCc2cc3c(cn2)OCCO3)CC1. The van der Waals surface area contributed by atoms with Crippen molar-refractivity contribution in [3.05, 3.63) is 57.0 Å². The topological polar surface area (TPSA) is 104 Å². The van der Waals surface area contributed by atoms with Gasteiger partial charge in [0.2, 0.25) is 0 Å². The van der Waals surface area contributed by atoms with Gasteiger partial charge in [0.25, 0.3) is 11.1 Å². The van der Waals surface area contributed by atoms with E-state index in [-0.39, 0.29) is 42.0 Å². The van der Waals surface area contributed by atoms with Crippen molar-refractivity contribution in [2.75, 3.05) is 32.8 Å². The van der Waals surface area contributed by atoms with E-state index in [2.05, 4.69) is 20.2 Å². The molecule has 6 heterocycles. The van der Waals surface area contributed by atoms with Crippen LogP contribution in [0.4, 0.5) is 0 Å². The number of hydrogen-bond acceptors (Lipinski definition) is 8. The average molecular weight is 523 g/mol. The molecular formula is C23H28Cl2N6O4. The van der Waals surface area contributed by atoms with E-state index in [1.807, 2.05) is 6.07 Å². The molecule has 0 spiro atoms. The first-order valence-electron chi connectivity index (χ1n) is 11.5. The lowest BCUT2D eigenvalue weighted by Gasteiger charge is -2.34. The van der Waals surface area contributed by atoms with Crippen LogP contribution in [0.1, 0.15) is 24.6 Å². The Hall–Kier alpha value is -2.66. The zero-order valence-electron chi connectivity index (χ0n) is 19.1. The number of nitrogens with zero attached hydrogens (tertiary/aromatic N) is 5. The fourth-order valence-corrected chi connectivity index (χ4v) is 5.11. The summed E-state index contributed by atoms with van der Waals surface area (Å²) in [6, 6.07) is 5.55. The summed E-state index contributed by atoms with van der Waals surface area (Å²) in [6.45, 7) is 4.97. The maximum absolute atomic E-state index is 12.6. The van der Waals surface area contributed by atoms with Crippen molar-refractivity contribution in [1.29, 1.82) is 0 Å². The first-order valence-corrected chi connectivity index (χ1v) is 11.5. The van der Waals surface area contributed by atoms with Crippen LogP contribution in [0.5, 0.6) is 11.5 Å². The molecule has 0 saturated carbocycles. The molecule has 1 atom stereocenters. The van der Waals surface area contributed by atoms with Crippen LogP contribution < -0.4 is 25.9 Å². The number of hydrogen-bond donors (Lipinski definition) is 1. The molecule has 12 heteroatoms. The molecular weight excluding hydrogens is 495 g/mol. The molecule has 0 radical (unpaired) electrons. The molecule has 3 aromatic heterocycles. The highest BCUT2D eigenvalue weighted by molar-refractivity contribution is 5.85. The van der Waals surface area contributed by atoms with Gasteiger partial charge in [-0.1, -0.05) is 0 Å². The number of halogens is 2. The van der Waals surface area contributed by atoms with Crippen molar-refractivity contribution in [3.8, 4) is 11.5 Å². The van der Waals surface area contributed by atoms with Crippen LogP contribution in [0.25, 0.3) is 11.2 Å². The monoisotopic (exact) mass is 522 g/mol. The van der Waals surface area contributed by atoms with Crippen molar-refractivity contribution < 1.29 is 9.47 Å². The van der Waals surface area contributed by atoms with E-state index in [1.54, 1.807) is 27.5 Å². The van der Waals surface area contributed by atoms with Crippen molar-refractivity contribution in [2.24, 2.45) is 0 Å². The fraction of sp³-hybridized carbons (Fsp3) is 0.478. The second-order valence-electron chi connectivity index (χ2n) is 8.89. The molecule has 6 rings (SSSR count). The molecule has 1 saturated heterocycles. The van der Waals surface area contributed by atoms with Gasteiger partial charge < -0.3 is 19.7 Å². The van der Waals surface area contributed by atoms with Crippen molar-refractivity contribution in [3.63, 3.8) is 0 Å². The minimum atomic E-state index is -0.153. The predicted molar refractivity (Wildman–Crippen MR) is 135 cm³/mol. The fourth-order valence-electron chi connectivity index (χ4n) is 5.11. The van der Waals surface area contributed by atoms with Crippen LogP contribution >= 0.6 is 24.8 Å². The molecule has 1 fully saturated rings. The Balaban J connectivity index is 0.00000144. The number of ether oxygens (including phenoxy) is 2. The minimum Gasteiger partial charge on any atom is -0.486 e. The number of aromatic nitrogens is 4. The number of pyridine rings is 2. The highest BCUT2D eigenvalue weighted by Crippen LogP contribution is 2.29. The van der Waals surface area contributed by atoms with Crippen LogP contribution in [0.2, 0.25) is 0 Å². The second-order valence-corrected chi connectivity index (χ2v) is 8.89. The normalized spacial score (nSPS) is 19.3. The van der Waals surface area contributed by atoms with E-state index >= 15 is 0 Å². The van der Waals surface area contributed by atoms with Gasteiger partial charge >= 0.3 is 0 Å². The van der Waals surface area contributed by atoms with Crippen LogP contribution in [-0.2, 0) is 13.1 Å². The molecule has 3 aromatic rings. The molecule has 0 bridgehead atoms. The summed E-state index contributed by atoms with van der Waals surface area (Å²) in [5.74, 6) is 1.47. The third-order valence-corrected chi connectivity index (χ3v) is 6.79. The van der Waals surface area contributed by atoms with Crippen LogP contribution in [0, 0.1) is 0 Å². The Morgan fingerprint density at radius 3 is 2.54 bits per heavy atom. The Kier molecular flexibility index (Phi) is 7.65. The number of nitrogens with one attached hydrogen (secondary N) is 1. The van der Waals surface area contributed by atoms with Gasteiger partial charge in [-0.05, 0) is 32.0 Å². The summed E-state index contributed by atoms with van der Waals surface area (Å²) >= 11 is 0. The lowest BCUT2D eigenvalue weighted by molar-refractivity contribution is 0.168. The van der Waals surface area contributed by atoms with Gasteiger partial charge in [0.05, 0.1) is 24.1 Å². The summed E-state index contributed by atoms with van der Waals surface area (Å²) in [4.78, 5) is 36.0. The summed E-state index contributed by atoms with van der Waals surface area (Å²) in [6.07, 6.45) is 5.11. The van der Waals surface area contributed by atoms with E-state index in [0.717, 1.165) is 43.9 Å². The zero-order valence-corrected chi connectivity index (χ0v) is 20.7. The molecule has 1 unspecified atom stereocenters. The van der Waals surface area contributed by atoms with Crippen LogP contribution in [-0.4, -0.2) is 62.9 Å². The van der Waals surface area contributed by atoms with Gasteiger partial charge in [-0.25, -0.2) is 4.98 Å². The molecule has 0 aromatic carbocycles. The molecule has 3 aliphatic heterocycles. The molecule has 1 N–H and O–H groups in total. The van der Waals surface area contributed by atoms with Gasteiger partial charge in [-0.2, -0.15) is 0 Å². The standard InChI is InChI=1S/C23H26N6O4.2ClH/c30-21-2-1-18-23-28(22(31)12-26-18)14-17(29(21)23)13-27-5-3-15(4-6-27)24-10-16-9-19-20(11-25-16)33-8-7-32-19;;/h1-2,9,11-12,15,17,24H,3-8,10,13-14H2;2*1H. The molecule has 188 valence electrons. The van der Waals surface area contributed by atoms with Gasteiger partial charge in [0, 0.05) is 37.8 Å². The van der Waals surface area contributed by atoms with Gasteiger partial charge in [-0.15, -0.1) is 24.8 Å². The molecule has 0 amide bonds. The van der Waals surface area contributed by atoms with Crippen LogP contribution in [0.15, 0.2) is 40.2 Å². The van der Waals surface area contributed by atoms with Gasteiger partial charge in [0.15, 0.2) is 11.5 Å². The van der Waals surface area contributed by atoms with Crippen LogP contribution in [0.3, 0.4) is 0 Å². The first-order chi connectivity index (χ1) is 16.2. The smallest absolute Gasteiger partial charge is 0.270 e. The summed E-state index contributed by atoms with van der Waals surface area (Å²) in [7, 11) is 0. The van der Waals surface area contributed by atoms with Crippen molar-refractivity contribution in [1.82, 2.24) is 29.3 Å². The number of piperidine rings is 1. The number of rotatable bonds is 5. The van der Waals surface area contributed by atoms with E-state index in [9.17, 15) is 9.59 Å². The maximum atomic E-state index is 12.6. The second kappa shape index (κ2) is 10.5. The third kappa shape index (κ3) is 4.88. The molecule has 0 aliphatic carbocycles. The first kappa shape index (κ1) is 25.4. The highest BCUT2D eigenvalue weighted by atomic mass is 35.5. The van der Waals surface area contributed by atoms with Gasteiger partial charge in [0.1, 0.15) is 24.4 Å². The van der Waals surface area contributed by atoms with Crippen molar-refractivity contribution in [2.45, 2.75) is 38.0 Å². The van der Waals surface area contributed by atoms with E-state index in [0.29, 0.717) is 49.3 Å². The van der Waals surface area contributed by atoms with E-state index in [4.69, 9.17) is 9.47 Å². The summed E-state index contributed by atoms with van der Waals surface area (Å²) < 4.78 is 14.6. The lowest BCUT2D eigenvalue weighted by Crippen LogP contribution is -2.44.